The van der Waals surface area contributed by atoms with Crippen molar-refractivity contribution in [3.63, 3.8) is 0 Å². The number of nitrogens with one attached hydrogen (secondary N) is 1. The van der Waals surface area contributed by atoms with Crippen molar-refractivity contribution in [2.45, 2.75) is 31.5 Å². The number of fused-ring (bicyclic) bond motifs is 1. The Morgan fingerprint density at radius 3 is 2.46 bits per heavy atom. The molecule has 1 saturated carbocycles. The predicted molar refractivity (Wildman–Crippen MR) is 89.8 cm³/mol. The largest absolute Gasteiger partial charge is 0.497 e. The summed E-state index contributed by atoms with van der Waals surface area (Å²) in [6.07, 6.45) is 4.06. The number of benzene rings is 2. The molecule has 124 valence electrons. The third kappa shape index (κ3) is 2.66. The van der Waals surface area contributed by atoms with Crippen LogP contribution in [-0.2, 0) is 0 Å². The molecule has 0 radical (unpaired) electrons. The average molecular weight is 325 g/mol. The average Bonchev–Trinajstić information content (AvgIpc) is 3.20. The van der Waals surface area contributed by atoms with E-state index < -0.39 is 5.79 Å². The quantitative estimate of drug-likeness (QED) is 0.927. The Hall–Kier alpha value is -2.69. The van der Waals surface area contributed by atoms with Gasteiger partial charge in [0.2, 0.25) is 0 Å². The van der Waals surface area contributed by atoms with Crippen molar-refractivity contribution in [1.29, 1.82) is 0 Å². The number of carbonyl (C=O) groups is 1. The Morgan fingerprint density at radius 2 is 1.75 bits per heavy atom. The number of rotatable bonds is 3. The van der Waals surface area contributed by atoms with Crippen LogP contribution in [0.3, 0.4) is 0 Å². The van der Waals surface area contributed by atoms with E-state index in [1.165, 1.54) is 0 Å². The molecule has 1 aliphatic heterocycles. The van der Waals surface area contributed by atoms with E-state index in [1.54, 1.807) is 31.4 Å². The maximum absolute atomic E-state index is 12.3. The van der Waals surface area contributed by atoms with Crippen LogP contribution in [0.1, 0.15) is 36.0 Å². The number of amides is 1. The van der Waals surface area contributed by atoms with Crippen LogP contribution >= 0.6 is 0 Å². The standard InChI is InChI=1S/C19H19NO4/c1-22-15-7-4-13(5-8-15)18(21)20-14-6-9-16-17(12-14)24-19(23-16)10-2-3-11-19/h4-9,12H,2-3,10-11H2,1H3,(H,20,21). The first-order chi connectivity index (χ1) is 11.7. The molecule has 0 bridgehead atoms. The van der Waals surface area contributed by atoms with Crippen LogP contribution in [0.4, 0.5) is 5.69 Å². The zero-order valence-electron chi connectivity index (χ0n) is 13.5. The van der Waals surface area contributed by atoms with Crippen LogP contribution in [0.5, 0.6) is 17.2 Å². The van der Waals surface area contributed by atoms with E-state index in [4.69, 9.17) is 14.2 Å². The summed E-state index contributed by atoms with van der Waals surface area (Å²) in [6, 6.07) is 12.5. The van der Waals surface area contributed by atoms with Gasteiger partial charge in [-0.2, -0.15) is 0 Å². The fourth-order valence-electron chi connectivity index (χ4n) is 3.23. The molecule has 0 saturated heterocycles. The first-order valence-corrected chi connectivity index (χ1v) is 8.15. The summed E-state index contributed by atoms with van der Waals surface area (Å²) >= 11 is 0. The van der Waals surface area contributed by atoms with Gasteiger partial charge >= 0.3 is 0 Å². The lowest BCUT2D eigenvalue weighted by Crippen LogP contribution is -2.34. The second kappa shape index (κ2) is 5.74. The number of anilines is 1. The minimum Gasteiger partial charge on any atom is -0.497 e. The summed E-state index contributed by atoms with van der Waals surface area (Å²) in [7, 11) is 1.60. The van der Waals surface area contributed by atoms with Crippen LogP contribution in [-0.4, -0.2) is 18.8 Å². The van der Waals surface area contributed by atoms with Gasteiger partial charge in [-0.05, 0) is 49.2 Å². The van der Waals surface area contributed by atoms with E-state index >= 15 is 0 Å². The second-order valence-electron chi connectivity index (χ2n) is 6.17. The lowest BCUT2D eigenvalue weighted by Gasteiger charge is -2.21. The Kier molecular flexibility index (Phi) is 3.56. The zero-order valence-corrected chi connectivity index (χ0v) is 13.5. The SMILES string of the molecule is COc1ccc(C(=O)Nc2ccc3c(c2)OC2(CCCC2)O3)cc1. The van der Waals surface area contributed by atoms with Crippen LogP contribution in [0.15, 0.2) is 42.5 Å². The van der Waals surface area contributed by atoms with E-state index in [0.717, 1.165) is 37.2 Å². The highest BCUT2D eigenvalue weighted by atomic mass is 16.7. The summed E-state index contributed by atoms with van der Waals surface area (Å²) in [5.74, 6) is 1.51. The fraction of sp³-hybridized carbons (Fsp3) is 0.316. The van der Waals surface area contributed by atoms with Crippen molar-refractivity contribution in [3.05, 3.63) is 48.0 Å². The van der Waals surface area contributed by atoms with Crippen molar-refractivity contribution in [1.82, 2.24) is 0 Å². The lowest BCUT2D eigenvalue weighted by atomic mass is 10.2. The molecule has 4 rings (SSSR count). The number of carbonyl (C=O) groups excluding carboxylic acids is 1. The Bertz CT molecular complexity index is 763. The molecule has 5 nitrogen and oxygen atoms in total. The summed E-state index contributed by atoms with van der Waals surface area (Å²) in [5, 5.41) is 2.89. The van der Waals surface area contributed by atoms with E-state index in [9.17, 15) is 4.79 Å². The molecule has 0 atom stereocenters. The van der Waals surface area contributed by atoms with Gasteiger partial charge in [-0.1, -0.05) is 0 Å². The first kappa shape index (κ1) is 14.9. The van der Waals surface area contributed by atoms with Crippen molar-refractivity contribution in [2.24, 2.45) is 0 Å². The van der Waals surface area contributed by atoms with E-state index in [1.807, 2.05) is 18.2 Å². The summed E-state index contributed by atoms with van der Waals surface area (Å²) in [4.78, 5) is 12.3. The predicted octanol–water partition coefficient (Wildman–Crippen LogP) is 3.99. The number of hydrogen-bond acceptors (Lipinski definition) is 4. The Balaban J connectivity index is 1.49. The maximum Gasteiger partial charge on any atom is 0.255 e. The highest BCUT2D eigenvalue weighted by molar-refractivity contribution is 6.04. The van der Waals surface area contributed by atoms with Crippen LogP contribution in [0.25, 0.3) is 0 Å². The van der Waals surface area contributed by atoms with E-state index in [-0.39, 0.29) is 5.91 Å². The van der Waals surface area contributed by atoms with Gasteiger partial charge in [0.1, 0.15) is 5.75 Å². The van der Waals surface area contributed by atoms with E-state index in [2.05, 4.69) is 5.32 Å². The molecular formula is C19H19NO4. The highest BCUT2D eigenvalue weighted by Crippen LogP contribution is 2.47. The van der Waals surface area contributed by atoms with Crippen LogP contribution in [0.2, 0.25) is 0 Å². The number of methoxy groups -OCH3 is 1. The normalized spacial score (nSPS) is 17.0. The highest BCUT2D eigenvalue weighted by Gasteiger charge is 2.44. The monoisotopic (exact) mass is 325 g/mol. The van der Waals surface area contributed by atoms with Gasteiger partial charge in [0, 0.05) is 30.2 Å². The molecule has 0 aromatic heterocycles. The summed E-state index contributed by atoms with van der Waals surface area (Å²) < 4.78 is 17.1. The molecule has 1 amide bonds. The van der Waals surface area contributed by atoms with Crippen molar-refractivity contribution in [3.8, 4) is 17.2 Å². The summed E-state index contributed by atoms with van der Waals surface area (Å²) in [6.45, 7) is 0. The van der Waals surface area contributed by atoms with Crippen LogP contribution in [0, 0.1) is 0 Å². The molecule has 2 aromatic carbocycles. The first-order valence-electron chi connectivity index (χ1n) is 8.15. The van der Waals surface area contributed by atoms with Gasteiger partial charge < -0.3 is 19.5 Å². The van der Waals surface area contributed by atoms with Crippen molar-refractivity contribution >= 4 is 11.6 Å². The topological polar surface area (TPSA) is 56.8 Å². The molecule has 1 heterocycles. The summed E-state index contributed by atoms with van der Waals surface area (Å²) in [5.41, 5.74) is 1.26. The lowest BCUT2D eigenvalue weighted by molar-refractivity contribution is -0.0716. The molecule has 1 fully saturated rings. The van der Waals surface area contributed by atoms with Gasteiger partial charge in [-0.15, -0.1) is 0 Å². The molecule has 2 aliphatic rings. The molecular weight excluding hydrogens is 306 g/mol. The molecule has 5 heteroatoms. The number of ether oxygens (including phenoxy) is 3. The fourth-order valence-corrected chi connectivity index (χ4v) is 3.23. The van der Waals surface area contributed by atoms with Gasteiger partial charge in [0.15, 0.2) is 11.5 Å². The van der Waals surface area contributed by atoms with Gasteiger partial charge in [-0.3, -0.25) is 4.79 Å². The third-order valence-corrected chi connectivity index (χ3v) is 4.51. The van der Waals surface area contributed by atoms with Gasteiger partial charge in [0.25, 0.3) is 11.7 Å². The maximum atomic E-state index is 12.3. The van der Waals surface area contributed by atoms with Crippen LogP contribution < -0.4 is 19.5 Å². The van der Waals surface area contributed by atoms with Gasteiger partial charge in [-0.25, -0.2) is 0 Å². The van der Waals surface area contributed by atoms with Crippen molar-refractivity contribution in [2.75, 3.05) is 12.4 Å². The van der Waals surface area contributed by atoms with Gasteiger partial charge in [0.05, 0.1) is 7.11 Å². The number of hydrogen-bond donors (Lipinski definition) is 1. The Labute approximate surface area is 140 Å². The minimum atomic E-state index is -0.485. The molecule has 24 heavy (non-hydrogen) atoms. The molecule has 1 aliphatic carbocycles. The minimum absolute atomic E-state index is 0.174. The zero-order chi connectivity index (χ0) is 16.6. The second-order valence-corrected chi connectivity index (χ2v) is 6.17. The van der Waals surface area contributed by atoms with Crippen molar-refractivity contribution < 1.29 is 19.0 Å². The third-order valence-electron chi connectivity index (χ3n) is 4.51. The molecule has 0 unspecified atom stereocenters. The smallest absolute Gasteiger partial charge is 0.255 e. The molecule has 1 spiro atoms. The van der Waals surface area contributed by atoms with E-state index in [0.29, 0.717) is 17.0 Å². The molecule has 2 aromatic rings. The Morgan fingerprint density at radius 1 is 1.04 bits per heavy atom. The molecule has 1 N–H and O–H groups in total.